The van der Waals surface area contributed by atoms with Crippen molar-refractivity contribution in [3.8, 4) is 0 Å². The number of carbonyl (C=O) groups is 1. The van der Waals surface area contributed by atoms with Gasteiger partial charge in [0.1, 0.15) is 0 Å². The SMILES string of the molecule is Cc1nccc2[nH]c(Cc3c(Cl)ccc(C(=O)N4CCOCC4)c3Cl)cc12. The predicted molar refractivity (Wildman–Crippen MR) is 107 cm³/mol. The van der Waals surface area contributed by atoms with Gasteiger partial charge in [-0.25, -0.2) is 0 Å². The molecule has 140 valence electrons. The van der Waals surface area contributed by atoms with E-state index in [0.29, 0.717) is 48.3 Å². The Balaban J connectivity index is 1.67. The highest BCUT2D eigenvalue weighted by Crippen LogP contribution is 2.32. The van der Waals surface area contributed by atoms with Crippen molar-refractivity contribution < 1.29 is 9.53 Å². The van der Waals surface area contributed by atoms with Crippen molar-refractivity contribution in [2.75, 3.05) is 26.3 Å². The molecule has 0 radical (unpaired) electrons. The highest BCUT2D eigenvalue weighted by atomic mass is 35.5. The number of pyridine rings is 1. The summed E-state index contributed by atoms with van der Waals surface area (Å²) in [6.07, 6.45) is 2.29. The lowest BCUT2D eigenvalue weighted by molar-refractivity contribution is 0.0303. The molecule has 27 heavy (non-hydrogen) atoms. The van der Waals surface area contributed by atoms with Crippen molar-refractivity contribution in [2.45, 2.75) is 13.3 Å². The number of H-pyrrole nitrogens is 1. The molecule has 0 spiro atoms. The molecule has 0 atom stereocenters. The third kappa shape index (κ3) is 3.55. The minimum absolute atomic E-state index is 0.0853. The molecule has 1 aliphatic heterocycles. The monoisotopic (exact) mass is 403 g/mol. The van der Waals surface area contributed by atoms with Crippen molar-refractivity contribution in [3.05, 3.63) is 63.0 Å². The Hall–Kier alpha value is -2.08. The molecule has 1 fully saturated rings. The molecule has 2 aromatic heterocycles. The average Bonchev–Trinajstić information content (AvgIpc) is 3.10. The lowest BCUT2D eigenvalue weighted by Crippen LogP contribution is -2.40. The Labute approximate surface area is 167 Å². The number of nitrogens with zero attached hydrogens (tertiary/aromatic N) is 2. The van der Waals surface area contributed by atoms with Crippen LogP contribution in [0, 0.1) is 6.92 Å². The van der Waals surface area contributed by atoms with Crippen LogP contribution < -0.4 is 0 Å². The second-order valence-electron chi connectivity index (χ2n) is 6.62. The molecule has 1 aliphatic rings. The van der Waals surface area contributed by atoms with Crippen LogP contribution in [0.2, 0.25) is 10.0 Å². The number of fused-ring (bicyclic) bond motifs is 1. The number of aromatic amines is 1. The summed E-state index contributed by atoms with van der Waals surface area (Å²) in [5.41, 5.74) is 4.18. The molecule has 3 heterocycles. The molecule has 3 aromatic rings. The maximum atomic E-state index is 12.8. The van der Waals surface area contributed by atoms with Crippen LogP contribution in [0.15, 0.2) is 30.5 Å². The number of hydrogen-bond acceptors (Lipinski definition) is 3. The highest BCUT2D eigenvalue weighted by Gasteiger charge is 2.23. The predicted octanol–water partition coefficient (Wildman–Crippen LogP) is 4.24. The molecule has 7 heteroatoms. The Kier molecular flexibility index (Phi) is 5.08. The Morgan fingerprint density at radius 2 is 2.04 bits per heavy atom. The van der Waals surface area contributed by atoms with Crippen molar-refractivity contribution in [2.24, 2.45) is 0 Å². The number of benzene rings is 1. The summed E-state index contributed by atoms with van der Waals surface area (Å²) < 4.78 is 5.32. The Morgan fingerprint density at radius 3 is 2.78 bits per heavy atom. The average molecular weight is 404 g/mol. The van der Waals surface area contributed by atoms with Crippen LogP contribution in [0.1, 0.15) is 27.3 Å². The first-order chi connectivity index (χ1) is 13.0. The van der Waals surface area contributed by atoms with E-state index in [4.69, 9.17) is 27.9 Å². The van der Waals surface area contributed by atoms with E-state index in [1.807, 2.05) is 13.0 Å². The van der Waals surface area contributed by atoms with E-state index in [1.54, 1.807) is 23.2 Å². The zero-order chi connectivity index (χ0) is 19.0. The van der Waals surface area contributed by atoms with Gasteiger partial charge in [0.15, 0.2) is 0 Å². The second-order valence-corrected chi connectivity index (χ2v) is 7.41. The van der Waals surface area contributed by atoms with Crippen molar-refractivity contribution in [1.29, 1.82) is 0 Å². The fraction of sp³-hybridized carbons (Fsp3) is 0.300. The van der Waals surface area contributed by atoms with Gasteiger partial charge in [0.05, 0.1) is 23.8 Å². The van der Waals surface area contributed by atoms with Gasteiger partial charge in [-0.1, -0.05) is 23.2 Å². The number of aryl methyl sites for hydroxylation is 1. The first kappa shape index (κ1) is 18.3. The molecular weight excluding hydrogens is 385 g/mol. The van der Waals surface area contributed by atoms with E-state index in [-0.39, 0.29) is 5.91 Å². The molecule has 0 saturated carbocycles. The molecule has 0 aliphatic carbocycles. The fourth-order valence-corrected chi connectivity index (χ4v) is 3.98. The van der Waals surface area contributed by atoms with Gasteiger partial charge >= 0.3 is 0 Å². The van der Waals surface area contributed by atoms with Crippen LogP contribution in [0.3, 0.4) is 0 Å². The van der Waals surface area contributed by atoms with Crippen LogP contribution in [-0.2, 0) is 11.2 Å². The summed E-state index contributed by atoms with van der Waals surface area (Å²) in [5, 5.41) is 2.03. The van der Waals surface area contributed by atoms with Gasteiger partial charge in [0, 0.05) is 53.0 Å². The van der Waals surface area contributed by atoms with E-state index in [0.717, 1.165) is 27.9 Å². The molecule has 1 amide bonds. The molecule has 4 rings (SSSR count). The molecule has 5 nitrogen and oxygen atoms in total. The summed E-state index contributed by atoms with van der Waals surface area (Å²) in [6, 6.07) is 7.44. The number of carbonyl (C=O) groups excluding carboxylic acids is 1. The number of nitrogens with one attached hydrogen (secondary N) is 1. The number of morpholine rings is 1. The molecular formula is C20H19Cl2N3O2. The standard InChI is InChI=1S/C20H19Cl2N3O2/c1-12-15-10-13(24-18(15)4-5-23-12)11-16-17(21)3-2-14(19(16)22)20(26)25-6-8-27-9-7-25/h2-5,10,24H,6-9,11H2,1H3. The van der Waals surface area contributed by atoms with Crippen LogP contribution >= 0.6 is 23.2 Å². The van der Waals surface area contributed by atoms with Gasteiger partial charge in [-0.15, -0.1) is 0 Å². The second kappa shape index (κ2) is 7.50. The van der Waals surface area contributed by atoms with E-state index >= 15 is 0 Å². The Morgan fingerprint density at radius 1 is 1.26 bits per heavy atom. The number of halogens is 2. The fourth-order valence-electron chi connectivity index (χ4n) is 3.40. The number of rotatable bonds is 3. The lowest BCUT2D eigenvalue weighted by Gasteiger charge is -2.27. The molecule has 0 unspecified atom stereocenters. The van der Waals surface area contributed by atoms with Crippen molar-refractivity contribution in [3.63, 3.8) is 0 Å². The van der Waals surface area contributed by atoms with E-state index in [1.165, 1.54) is 0 Å². The van der Waals surface area contributed by atoms with Gasteiger partial charge in [-0.05, 0) is 36.8 Å². The number of amides is 1. The smallest absolute Gasteiger partial charge is 0.255 e. The summed E-state index contributed by atoms with van der Waals surface area (Å²) in [7, 11) is 0. The maximum absolute atomic E-state index is 12.8. The largest absolute Gasteiger partial charge is 0.378 e. The number of aromatic nitrogens is 2. The zero-order valence-electron chi connectivity index (χ0n) is 14.9. The van der Waals surface area contributed by atoms with Crippen molar-refractivity contribution >= 4 is 40.0 Å². The summed E-state index contributed by atoms with van der Waals surface area (Å²) >= 11 is 13.0. The number of ether oxygens (including phenoxy) is 1. The van der Waals surface area contributed by atoms with Gasteiger partial charge in [0.25, 0.3) is 5.91 Å². The normalized spacial score (nSPS) is 14.7. The topological polar surface area (TPSA) is 58.2 Å². The third-order valence-corrected chi connectivity index (χ3v) is 5.67. The molecule has 1 aromatic carbocycles. The first-order valence-electron chi connectivity index (χ1n) is 8.81. The van der Waals surface area contributed by atoms with Gasteiger partial charge < -0.3 is 14.6 Å². The van der Waals surface area contributed by atoms with E-state index in [2.05, 4.69) is 16.0 Å². The quantitative estimate of drug-likeness (QED) is 0.711. The maximum Gasteiger partial charge on any atom is 0.255 e. The number of hydrogen-bond donors (Lipinski definition) is 1. The minimum Gasteiger partial charge on any atom is -0.378 e. The summed E-state index contributed by atoms with van der Waals surface area (Å²) in [6.45, 7) is 4.21. The molecule has 0 bridgehead atoms. The lowest BCUT2D eigenvalue weighted by atomic mass is 10.0. The minimum atomic E-state index is -0.0853. The Bertz CT molecular complexity index is 1010. The van der Waals surface area contributed by atoms with Crippen molar-refractivity contribution in [1.82, 2.24) is 14.9 Å². The zero-order valence-corrected chi connectivity index (χ0v) is 16.4. The van der Waals surface area contributed by atoms with Crippen LogP contribution in [0.25, 0.3) is 10.9 Å². The van der Waals surface area contributed by atoms with Gasteiger partial charge in [-0.2, -0.15) is 0 Å². The summed E-state index contributed by atoms with van der Waals surface area (Å²) in [4.78, 5) is 22.3. The highest BCUT2D eigenvalue weighted by molar-refractivity contribution is 6.38. The van der Waals surface area contributed by atoms with Crippen LogP contribution in [0.4, 0.5) is 0 Å². The van der Waals surface area contributed by atoms with E-state index in [9.17, 15) is 4.79 Å². The van der Waals surface area contributed by atoms with Crippen LogP contribution in [-0.4, -0.2) is 47.1 Å². The van der Waals surface area contributed by atoms with E-state index < -0.39 is 0 Å². The molecule has 1 saturated heterocycles. The van der Waals surface area contributed by atoms with Gasteiger partial charge in [-0.3, -0.25) is 9.78 Å². The first-order valence-corrected chi connectivity index (χ1v) is 9.57. The van der Waals surface area contributed by atoms with Gasteiger partial charge in [0.2, 0.25) is 0 Å². The third-order valence-electron chi connectivity index (χ3n) is 4.89. The van der Waals surface area contributed by atoms with Crippen LogP contribution in [0.5, 0.6) is 0 Å². The summed E-state index contributed by atoms with van der Waals surface area (Å²) in [5.74, 6) is -0.0853. The molecule has 1 N–H and O–H groups in total.